The summed E-state index contributed by atoms with van der Waals surface area (Å²) in [6, 6.07) is 13.9. The van der Waals surface area contributed by atoms with E-state index in [0.717, 1.165) is 11.6 Å². The van der Waals surface area contributed by atoms with Crippen LogP contribution in [-0.4, -0.2) is 10.5 Å². The highest BCUT2D eigenvalue weighted by Gasteiger charge is 2.12. The van der Waals surface area contributed by atoms with Crippen LogP contribution < -0.4 is 10.1 Å². The molecule has 1 aromatic carbocycles. The fourth-order valence-corrected chi connectivity index (χ4v) is 2.09. The molecule has 3 nitrogen and oxygen atoms in total. The van der Waals surface area contributed by atoms with Crippen LogP contribution in [0.25, 0.3) is 0 Å². The van der Waals surface area contributed by atoms with Crippen LogP contribution in [0.15, 0.2) is 42.5 Å². The highest BCUT2D eigenvalue weighted by Crippen LogP contribution is 2.30. The zero-order chi connectivity index (χ0) is 15.5. The van der Waals surface area contributed by atoms with Crippen molar-refractivity contribution in [2.45, 2.75) is 46.1 Å². The number of nitrogens with zero attached hydrogens (tertiary/aromatic N) is 1. The fraction of sp³-hybridized carbons (Fsp3) is 0.389. The molecular formula is C18H24N2O. The number of pyridine rings is 1. The van der Waals surface area contributed by atoms with Gasteiger partial charge < -0.3 is 10.1 Å². The van der Waals surface area contributed by atoms with Crippen LogP contribution in [0, 0.1) is 0 Å². The van der Waals surface area contributed by atoms with Crippen molar-refractivity contribution in [3.8, 4) is 11.6 Å². The van der Waals surface area contributed by atoms with Gasteiger partial charge in [0, 0.05) is 11.6 Å². The Balaban J connectivity index is 2.23. The fourth-order valence-electron chi connectivity index (χ4n) is 2.09. The summed E-state index contributed by atoms with van der Waals surface area (Å²) in [6.07, 6.45) is 0. The Morgan fingerprint density at radius 1 is 1.00 bits per heavy atom. The summed E-state index contributed by atoms with van der Waals surface area (Å²) in [5, 5.41) is 3.35. The molecular weight excluding hydrogens is 260 g/mol. The molecule has 0 unspecified atom stereocenters. The predicted molar refractivity (Wildman–Crippen MR) is 88.2 cm³/mol. The number of rotatable bonds is 4. The zero-order valence-corrected chi connectivity index (χ0v) is 13.5. The van der Waals surface area contributed by atoms with Gasteiger partial charge in [-0.05, 0) is 44.4 Å². The van der Waals surface area contributed by atoms with E-state index < -0.39 is 0 Å². The summed E-state index contributed by atoms with van der Waals surface area (Å²) in [5.41, 5.74) is 1.16. The lowest BCUT2D eigenvalue weighted by atomic mass is 10.0. The first-order valence-electron chi connectivity index (χ1n) is 7.37. The van der Waals surface area contributed by atoms with Crippen LogP contribution in [0.4, 0.5) is 5.82 Å². The molecule has 0 radical (unpaired) electrons. The van der Waals surface area contributed by atoms with E-state index in [1.165, 1.54) is 5.56 Å². The van der Waals surface area contributed by atoms with Crippen molar-refractivity contribution in [3.05, 3.63) is 48.0 Å². The molecule has 0 aliphatic rings. The number of hydrogen-bond donors (Lipinski definition) is 1. The highest BCUT2D eigenvalue weighted by atomic mass is 16.5. The molecule has 112 valence electrons. The number of anilines is 1. The minimum atomic E-state index is -0.0263. The van der Waals surface area contributed by atoms with Crippen molar-refractivity contribution in [3.63, 3.8) is 0 Å². The van der Waals surface area contributed by atoms with E-state index in [2.05, 4.69) is 51.0 Å². The quantitative estimate of drug-likeness (QED) is 0.837. The second-order valence-corrected chi connectivity index (χ2v) is 6.53. The molecule has 0 spiro atoms. The molecule has 21 heavy (non-hydrogen) atoms. The van der Waals surface area contributed by atoms with Gasteiger partial charge in [0.25, 0.3) is 0 Å². The Kier molecular flexibility index (Phi) is 4.51. The standard InChI is InChI=1S/C18H24N2O/c1-13(2)14-9-6-7-10-15(14)21-17-12-8-11-16(19-17)20-18(3,4)5/h6-13H,1-5H3,(H,19,20). The van der Waals surface area contributed by atoms with E-state index in [1.54, 1.807) is 0 Å². The minimum absolute atomic E-state index is 0.0263. The summed E-state index contributed by atoms with van der Waals surface area (Å²) >= 11 is 0. The second-order valence-electron chi connectivity index (χ2n) is 6.53. The maximum Gasteiger partial charge on any atom is 0.221 e. The first-order chi connectivity index (χ1) is 9.85. The summed E-state index contributed by atoms with van der Waals surface area (Å²) in [4.78, 5) is 4.52. The largest absolute Gasteiger partial charge is 0.439 e. The molecule has 0 saturated carbocycles. The van der Waals surface area contributed by atoms with Crippen molar-refractivity contribution in [1.82, 2.24) is 4.98 Å². The van der Waals surface area contributed by atoms with Crippen LogP contribution in [0.1, 0.15) is 46.1 Å². The first-order valence-corrected chi connectivity index (χ1v) is 7.37. The highest BCUT2D eigenvalue weighted by molar-refractivity contribution is 5.42. The summed E-state index contributed by atoms with van der Waals surface area (Å²) in [6.45, 7) is 10.6. The van der Waals surface area contributed by atoms with Crippen molar-refractivity contribution in [2.24, 2.45) is 0 Å². The number of hydrogen-bond acceptors (Lipinski definition) is 3. The predicted octanol–water partition coefficient (Wildman–Crippen LogP) is 5.21. The SMILES string of the molecule is CC(C)c1ccccc1Oc1cccc(NC(C)(C)C)n1. The third kappa shape index (κ3) is 4.48. The molecule has 1 aromatic heterocycles. The molecule has 0 amide bonds. The van der Waals surface area contributed by atoms with E-state index in [0.29, 0.717) is 11.8 Å². The first kappa shape index (κ1) is 15.4. The molecule has 2 rings (SSSR count). The Morgan fingerprint density at radius 3 is 2.38 bits per heavy atom. The van der Waals surface area contributed by atoms with Crippen LogP contribution in [0.2, 0.25) is 0 Å². The third-order valence-electron chi connectivity index (χ3n) is 2.98. The number of nitrogens with one attached hydrogen (secondary N) is 1. The molecule has 3 heteroatoms. The Labute approximate surface area is 127 Å². The Hall–Kier alpha value is -2.03. The minimum Gasteiger partial charge on any atom is -0.439 e. The molecule has 0 fully saturated rings. The molecule has 0 atom stereocenters. The van der Waals surface area contributed by atoms with E-state index in [4.69, 9.17) is 4.74 Å². The molecule has 0 bridgehead atoms. The van der Waals surface area contributed by atoms with Gasteiger partial charge >= 0.3 is 0 Å². The lowest BCUT2D eigenvalue weighted by molar-refractivity contribution is 0.454. The molecule has 0 aliphatic carbocycles. The number of ether oxygens (including phenoxy) is 1. The number of aromatic nitrogens is 1. The van der Waals surface area contributed by atoms with E-state index >= 15 is 0 Å². The van der Waals surface area contributed by atoms with Crippen molar-refractivity contribution < 1.29 is 4.74 Å². The van der Waals surface area contributed by atoms with Gasteiger partial charge in [0.1, 0.15) is 11.6 Å². The van der Waals surface area contributed by atoms with E-state index in [9.17, 15) is 0 Å². The van der Waals surface area contributed by atoms with Crippen LogP contribution in [0.3, 0.4) is 0 Å². The molecule has 0 saturated heterocycles. The normalized spacial score (nSPS) is 11.5. The lowest BCUT2D eigenvalue weighted by Gasteiger charge is -2.21. The second kappa shape index (κ2) is 6.17. The lowest BCUT2D eigenvalue weighted by Crippen LogP contribution is -2.26. The van der Waals surface area contributed by atoms with Gasteiger partial charge in [-0.2, -0.15) is 4.98 Å². The smallest absolute Gasteiger partial charge is 0.221 e. The van der Waals surface area contributed by atoms with Gasteiger partial charge in [0.15, 0.2) is 0 Å². The average Bonchev–Trinajstić information content (AvgIpc) is 2.37. The summed E-state index contributed by atoms with van der Waals surface area (Å²) in [5.74, 6) is 2.71. The maximum atomic E-state index is 5.97. The average molecular weight is 284 g/mol. The molecule has 1 N–H and O–H groups in total. The van der Waals surface area contributed by atoms with Gasteiger partial charge in [-0.1, -0.05) is 38.1 Å². The monoisotopic (exact) mass is 284 g/mol. The van der Waals surface area contributed by atoms with Crippen molar-refractivity contribution in [2.75, 3.05) is 5.32 Å². The van der Waals surface area contributed by atoms with Crippen molar-refractivity contribution in [1.29, 1.82) is 0 Å². The molecule has 0 aliphatic heterocycles. The van der Waals surface area contributed by atoms with E-state index in [-0.39, 0.29) is 5.54 Å². The third-order valence-corrected chi connectivity index (χ3v) is 2.98. The van der Waals surface area contributed by atoms with E-state index in [1.807, 2.05) is 36.4 Å². The van der Waals surface area contributed by atoms with Gasteiger partial charge in [0.05, 0.1) is 0 Å². The van der Waals surface area contributed by atoms with Gasteiger partial charge in [-0.15, -0.1) is 0 Å². The van der Waals surface area contributed by atoms with Gasteiger partial charge in [-0.25, -0.2) is 0 Å². The summed E-state index contributed by atoms with van der Waals surface area (Å²) in [7, 11) is 0. The van der Waals surface area contributed by atoms with Gasteiger partial charge in [0.2, 0.25) is 5.88 Å². The van der Waals surface area contributed by atoms with Crippen LogP contribution in [0.5, 0.6) is 11.6 Å². The zero-order valence-electron chi connectivity index (χ0n) is 13.5. The van der Waals surface area contributed by atoms with Crippen LogP contribution >= 0.6 is 0 Å². The Bertz CT molecular complexity index is 600. The molecule has 2 aromatic rings. The Morgan fingerprint density at radius 2 is 1.71 bits per heavy atom. The van der Waals surface area contributed by atoms with Gasteiger partial charge in [-0.3, -0.25) is 0 Å². The maximum absolute atomic E-state index is 5.97. The number of para-hydroxylation sites is 1. The summed E-state index contributed by atoms with van der Waals surface area (Å²) < 4.78 is 5.97. The molecule has 1 heterocycles. The van der Waals surface area contributed by atoms with Crippen molar-refractivity contribution >= 4 is 5.82 Å². The van der Waals surface area contributed by atoms with Crippen LogP contribution in [-0.2, 0) is 0 Å². The topological polar surface area (TPSA) is 34.1 Å². The number of benzene rings is 1.